The van der Waals surface area contributed by atoms with Crippen LogP contribution >= 0.6 is 0 Å². The van der Waals surface area contributed by atoms with Gasteiger partial charge in [0.25, 0.3) is 0 Å². The number of esters is 1. The van der Waals surface area contributed by atoms with Gasteiger partial charge in [-0.05, 0) is 26.9 Å². The number of carbonyl (C=O) groups excluding carboxylic acids is 1. The Kier molecular flexibility index (Phi) is 5.21. The molecule has 1 aliphatic carbocycles. The Morgan fingerprint density at radius 1 is 1.17 bits per heavy atom. The van der Waals surface area contributed by atoms with Gasteiger partial charge >= 0.3 is 5.97 Å². The first-order valence-electron chi connectivity index (χ1n) is 8.64. The maximum atomic E-state index is 12.5. The number of hydrogen-bond donors (Lipinski definition) is 0. The van der Waals surface area contributed by atoms with Crippen molar-refractivity contribution >= 4 is 11.7 Å². The molecule has 0 N–H and O–H groups in total. The van der Waals surface area contributed by atoms with Gasteiger partial charge in [-0.2, -0.15) is 0 Å². The molecule has 1 saturated carbocycles. The number of nitrogens with zero attached hydrogens (tertiary/aromatic N) is 2. The largest absolute Gasteiger partial charge is 0.465 e. The van der Waals surface area contributed by atoms with Gasteiger partial charge in [0, 0.05) is 11.6 Å². The van der Waals surface area contributed by atoms with Gasteiger partial charge in [-0.1, -0.05) is 49.6 Å². The predicted octanol–water partition coefficient (Wildman–Crippen LogP) is 3.04. The summed E-state index contributed by atoms with van der Waals surface area (Å²) in [6.07, 6.45) is 5.66. The molecule has 1 aromatic carbocycles. The number of likely N-dealkylation sites (N-methyl/N-ethyl adjacent to an activating group) is 1. The molecule has 1 aromatic rings. The van der Waals surface area contributed by atoms with Crippen LogP contribution in [-0.4, -0.2) is 49.3 Å². The lowest BCUT2D eigenvalue weighted by Gasteiger charge is -2.36. The molecule has 1 unspecified atom stereocenters. The minimum atomic E-state index is -0.328. The van der Waals surface area contributed by atoms with Crippen LogP contribution in [0.2, 0.25) is 0 Å². The summed E-state index contributed by atoms with van der Waals surface area (Å²) in [6, 6.07) is 10.1. The molecular weight excluding hydrogens is 304 g/mol. The van der Waals surface area contributed by atoms with Crippen molar-refractivity contribution in [3.05, 3.63) is 41.5 Å². The number of ether oxygens (including phenoxy) is 1. The summed E-state index contributed by atoms with van der Waals surface area (Å²) < 4.78 is 5.07. The first-order chi connectivity index (χ1) is 11.6. The number of hydroxylamine groups is 2. The lowest BCUT2D eigenvalue weighted by Crippen LogP contribution is -2.49. The molecule has 1 atom stereocenters. The minimum Gasteiger partial charge on any atom is -0.465 e. The van der Waals surface area contributed by atoms with Gasteiger partial charge in [-0.25, -0.2) is 4.79 Å². The molecule has 0 spiro atoms. The van der Waals surface area contributed by atoms with Crippen LogP contribution in [0.4, 0.5) is 0 Å². The molecule has 1 fully saturated rings. The molecular formula is C19H26N2O3. The second-order valence-corrected chi connectivity index (χ2v) is 6.68. The second-order valence-electron chi connectivity index (χ2n) is 6.68. The Morgan fingerprint density at radius 3 is 2.42 bits per heavy atom. The molecule has 0 radical (unpaired) electrons. The standard InChI is InChI=1S/C19H26N2O3/c1-20(2)18-16(19(22)23-3)17(14-10-6-4-7-11-14)24-21(18)15-12-8-5-9-13-15/h4,6-7,10-11,15,18H,5,8-9,12-13H2,1-3H3. The lowest BCUT2D eigenvalue weighted by molar-refractivity contribution is -0.166. The summed E-state index contributed by atoms with van der Waals surface area (Å²) in [4.78, 5) is 20.8. The van der Waals surface area contributed by atoms with E-state index in [0.717, 1.165) is 18.4 Å². The Morgan fingerprint density at radius 2 is 1.83 bits per heavy atom. The summed E-state index contributed by atoms with van der Waals surface area (Å²) in [7, 11) is 5.37. The SMILES string of the molecule is COC(=O)C1=C(c2ccccc2)ON(C2CCCCC2)C1N(C)C. The molecule has 5 heteroatoms. The smallest absolute Gasteiger partial charge is 0.340 e. The molecule has 2 aliphatic rings. The van der Waals surface area contributed by atoms with Crippen LogP contribution < -0.4 is 0 Å². The maximum Gasteiger partial charge on any atom is 0.340 e. The zero-order valence-electron chi connectivity index (χ0n) is 14.7. The molecule has 1 aliphatic heterocycles. The van der Waals surface area contributed by atoms with Crippen LogP contribution in [0.25, 0.3) is 5.76 Å². The van der Waals surface area contributed by atoms with Crippen molar-refractivity contribution in [2.45, 2.75) is 44.3 Å². The molecule has 0 amide bonds. The fraction of sp³-hybridized carbons (Fsp3) is 0.526. The van der Waals surface area contributed by atoms with E-state index in [1.54, 1.807) is 0 Å². The third-order valence-electron chi connectivity index (χ3n) is 4.81. The number of rotatable bonds is 4. The van der Waals surface area contributed by atoms with Crippen molar-refractivity contribution in [2.75, 3.05) is 21.2 Å². The van der Waals surface area contributed by atoms with E-state index >= 15 is 0 Å². The first-order valence-corrected chi connectivity index (χ1v) is 8.64. The Bertz CT molecular complexity index is 606. The summed E-state index contributed by atoms with van der Waals surface area (Å²) >= 11 is 0. The van der Waals surface area contributed by atoms with Gasteiger partial charge in [0.15, 0.2) is 5.76 Å². The first kappa shape index (κ1) is 17.0. The van der Waals surface area contributed by atoms with E-state index in [2.05, 4.69) is 0 Å². The third kappa shape index (κ3) is 3.19. The second kappa shape index (κ2) is 7.36. The minimum absolute atomic E-state index is 0.226. The zero-order chi connectivity index (χ0) is 17.1. The molecule has 0 aromatic heterocycles. The van der Waals surface area contributed by atoms with Crippen LogP contribution in [0.1, 0.15) is 37.7 Å². The highest BCUT2D eigenvalue weighted by Gasteiger charge is 2.44. The average molecular weight is 330 g/mol. The van der Waals surface area contributed by atoms with Gasteiger partial charge in [0.2, 0.25) is 0 Å². The van der Waals surface area contributed by atoms with E-state index in [4.69, 9.17) is 9.57 Å². The molecule has 0 bridgehead atoms. The van der Waals surface area contributed by atoms with E-state index < -0.39 is 0 Å². The normalized spacial score (nSPS) is 22.8. The third-order valence-corrected chi connectivity index (χ3v) is 4.81. The van der Waals surface area contributed by atoms with Crippen LogP contribution in [-0.2, 0) is 14.4 Å². The molecule has 0 saturated heterocycles. The molecule has 5 nitrogen and oxygen atoms in total. The fourth-order valence-electron chi connectivity index (χ4n) is 3.65. The van der Waals surface area contributed by atoms with E-state index in [-0.39, 0.29) is 12.1 Å². The van der Waals surface area contributed by atoms with Gasteiger partial charge in [0.05, 0.1) is 7.11 Å². The van der Waals surface area contributed by atoms with Crippen LogP contribution in [0.5, 0.6) is 0 Å². The summed E-state index contributed by atoms with van der Waals surface area (Å²) in [6.45, 7) is 0. The van der Waals surface area contributed by atoms with E-state index in [1.807, 2.05) is 54.4 Å². The summed E-state index contributed by atoms with van der Waals surface area (Å²) in [5.74, 6) is 0.289. The van der Waals surface area contributed by atoms with Crippen molar-refractivity contribution < 1.29 is 14.4 Å². The molecule has 1 heterocycles. The molecule has 24 heavy (non-hydrogen) atoms. The highest BCUT2D eigenvalue weighted by Crippen LogP contribution is 2.38. The predicted molar refractivity (Wildman–Crippen MR) is 92.7 cm³/mol. The van der Waals surface area contributed by atoms with Crippen molar-refractivity contribution in [3.63, 3.8) is 0 Å². The Hall–Kier alpha value is -1.85. The van der Waals surface area contributed by atoms with E-state index in [0.29, 0.717) is 17.4 Å². The van der Waals surface area contributed by atoms with Crippen molar-refractivity contribution in [1.29, 1.82) is 0 Å². The fourth-order valence-corrected chi connectivity index (χ4v) is 3.65. The van der Waals surface area contributed by atoms with Crippen LogP contribution in [0.15, 0.2) is 35.9 Å². The average Bonchev–Trinajstić information content (AvgIpc) is 3.03. The number of hydrogen-bond acceptors (Lipinski definition) is 5. The van der Waals surface area contributed by atoms with Gasteiger partial charge in [0.1, 0.15) is 11.7 Å². The highest BCUT2D eigenvalue weighted by molar-refractivity contribution is 5.98. The lowest BCUT2D eigenvalue weighted by atomic mass is 9.94. The quantitative estimate of drug-likeness (QED) is 0.794. The van der Waals surface area contributed by atoms with E-state index in [9.17, 15) is 4.79 Å². The molecule has 130 valence electrons. The highest BCUT2D eigenvalue weighted by atomic mass is 16.7. The number of carbonyl (C=O) groups is 1. The van der Waals surface area contributed by atoms with Crippen molar-refractivity contribution in [1.82, 2.24) is 9.96 Å². The Labute approximate surface area is 143 Å². The molecule has 3 rings (SSSR count). The van der Waals surface area contributed by atoms with Crippen LogP contribution in [0.3, 0.4) is 0 Å². The zero-order valence-corrected chi connectivity index (χ0v) is 14.7. The Balaban J connectivity index is 2.01. The summed E-state index contributed by atoms with van der Waals surface area (Å²) in [5.41, 5.74) is 1.49. The van der Waals surface area contributed by atoms with Gasteiger partial charge < -0.3 is 9.57 Å². The van der Waals surface area contributed by atoms with Crippen molar-refractivity contribution in [2.24, 2.45) is 0 Å². The van der Waals surface area contributed by atoms with Crippen LogP contribution in [0, 0.1) is 0 Å². The van der Waals surface area contributed by atoms with Gasteiger partial charge in [-0.3, -0.25) is 4.90 Å². The number of methoxy groups -OCH3 is 1. The van der Waals surface area contributed by atoms with Crippen molar-refractivity contribution in [3.8, 4) is 0 Å². The van der Waals surface area contributed by atoms with E-state index in [1.165, 1.54) is 26.4 Å². The monoisotopic (exact) mass is 330 g/mol. The summed E-state index contributed by atoms with van der Waals surface area (Å²) in [5, 5.41) is 2.01. The topological polar surface area (TPSA) is 42.0 Å². The maximum absolute atomic E-state index is 12.5. The van der Waals surface area contributed by atoms with Gasteiger partial charge in [-0.15, -0.1) is 5.06 Å². The number of benzene rings is 1.